The molecule has 0 aromatic heterocycles. The monoisotopic (exact) mass is 72.0 g/mol. The van der Waals surface area contributed by atoms with Crippen LogP contribution in [0.15, 0.2) is 0 Å². The number of halogens is 1. The number of hydrogen-bond donors (Lipinski definition) is 0. The van der Waals surface area contributed by atoms with E-state index >= 15 is 0 Å². The molecular formula is C2H6FNa. The van der Waals surface area contributed by atoms with E-state index in [2.05, 4.69) is 0 Å². The smallest absolute Gasteiger partial charge is 1.00 e. The molecule has 0 rings (SSSR count). The predicted molar refractivity (Wildman–Crippen MR) is 11.3 cm³/mol. The first-order valence-electron chi connectivity index (χ1n) is 1.00. The molecule has 0 bridgehead atoms. The van der Waals surface area contributed by atoms with Crippen molar-refractivity contribution < 1.29 is 34.3 Å². The Hall–Kier alpha value is 0.930. The molecule has 0 atom stereocenters. The van der Waals surface area contributed by atoms with Crippen molar-refractivity contribution in [3.8, 4) is 0 Å². The molecule has 0 aliphatic carbocycles. The van der Waals surface area contributed by atoms with Crippen molar-refractivity contribution in [3.63, 3.8) is 0 Å². The fourth-order valence-corrected chi connectivity index (χ4v) is 0. The standard InChI is InChI=1S/C2H6.FH.Na/c1-2;;/h1-2H3;1H;/q;;+1/p-1. The Morgan fingerprint density at radius 3 is 1.00 bits per heavy atom. The molecule has 0 aliphatic heterocycles. The first-order valence-corrected chi connectivity index (χ1v) is 1.00. The summed E-state index contributed by atoms with van der Waals surface area (Å²) in [4.78, 5) is 0. The summed E-state index contributed by atoms with van der Waals surface area (Å²) in [7, 11) is 0. The van der Waals surface area contributed by atoms with E-state index in [4.69, 9.17) is 0 Å². The van der Waals surface area contributed by atoms with Crippen LogP contribution in [0.5, 0.6) is 0 Å². The van der Waals surface area contributed by atoms with Crippen LogP contribution in [0.25, 0.3) is 0 Å². The van der Waals surface area contributed by atoms with Crippen molar-refractivity contribution in [1.29, 1.82) is 0 Å². The van der Waals surface area contributed by atoms with Gasteiger partial charge in [0.1, 0.15) is 0 Å². The van der Waals surface area contributed by atoms with Gasteiger partial charge in [0.25, 0.3) is 0 Å². The predicted octanol–water partition coefficient (Wildman–Crippen LogP) is -4.97. The zero-order valence-electron chi connectivity index (χ0n) is 3.38. The summed E-state index contributed by atoms with van der Waals surface area (Å²) in [6, 6.07) is 0. The van der Waals surface area contributed by atoms with Crippen molar-refractivity contribution in [1.82, 2.24) is 0 Å². The van der Waals surface area contributed by atoms with Crippen LogP contribution in [-0.2, 0) is 0 Å². The van der Waals surface area contributed by atoms with Gasteiger partial charge in [0, 0.05) is 0 Å². The minimum Gasteiger partial charge on any atom is -1.00 e. The van der Waals surface area contributed by atoms with Gasteiger partial charge in [0.15, 0.2) is 0 Å². The van der Waals surface area contributed by atoms with E-state index in [1.165, 1.54) is 0 Å². The molecule has 0 nitrogen and oxygen atoms in total. The molecule has 0 N–H and O–H groups in total. The quantitative estimate of drug-likeness (QED) is 0.251. The van der Waals surface area contributed by atoms with E-state index in [0.717, 1.165) is 0 Å². The second kappa shape index (κ2) is 39.0. The van der Waals surface area contributed by atoms with Gasteiger partial charge in [-0.05, 0) is 0 Å². The fraction of sp³-hybridized carbons (Fsp3) is 1.00. The van der Waals surface area contributed by atoms with Gasteiger partial charge in [-0.3, -0.25) is 0 Å². The maximum atomic E-state index is 2.00. The van der Waals surface area contributed by atoms with Crippen LogP contribution >= 0.6 is 0 Å². The van der Waals surface area contributed by atoms with Gasteiger partial charge in [-0.2, -0.15) is 0 Å². The summed E-state index contributed by atoms with van der Waals surface area (Å²) in [5.74, 6) is 0. The molecule has 0 heterocycles. The fourth-order valence-electron chi connectivity index (χ4n) is 0. The summed E-state index contributed by atoms with van der Waals surface area (Å²) < 4.78 is 0. The van der Waals surface area contributed by atoms with Crippen LogP contribution in [0, 0.1) is 0 Å². The third-order valence-electron chi connectivity index (χ3n) is 0. The van der Waals surface area contributed by atoms with E-state index < -0.39 is 0 Å². The van der Waals surface area contributed by atoms with Gasteiger partial charge in [-0.15, -0.1) is 0 Å². The maximum Gasteiger partial charge on any atom is 1.00 e. The summed E-state index contributed by atoms with van der Waals surface area (Å²) in [6.07, 6.45) is 0. The Morgan fingerprint density at radius 1 is 1.00 bits per heavy atom. The summed E-state index contributed by atoms with van der Waals surface area (Å²) in [5, 5.41) is 0. The van der Waals surface area contributed by atoms with Gasteiger partial charge in [-0.25, -0.2) is 0 Å². The van der Waals surface area contributed by atoms with Crippen molar-refractivity contribution >= 4 is 0 Å². The zero-order valence-corrected chi connectivity index (χ0v) is 5.38. The largest absolute Gasteiger partial charge is 1.00 e. The van der Waals surface area contributed by atoms with Gasteiger partial charge < -0.3 is 4.70 Å². The molecule has 0 unspecified atom stereocenters. The van der Waals surface area contributed by atoms with E-state index in [1.807, 2.05) is 13.8 Å². The summed E-state index contributed by atoms with van der Waals surface area (Å²) >= 11 is 0. The second-order valence-electron chi connectivity index (χ2n) is 0. The van der Waals surface area contributed by atoms with Crippen LogP contribution in [0.3, 0.4) is 0 Å². The van der Waals surface area contributed by atoms with E-state index in [-0.39, 0.29) is 34.3 Å². The van der Waals surface area contributed by atoms with Crippen LogP contribution in [0.2, 0.25) is 0 Å². The van der Waals surface area contributed by atoms with Gasteiger partial charge >= 0.3 is 29.6 Å². The minimum atomic E-state index is 0. The first kappa shape index (κ1) is 20.4. The molecule has 0 aromatic rings. The molecule has 0 aliphatic rings. The van der Waals surface area contributed by atoms with Crippen molar-refractivity contribution in [2.75, 3.05) is 0 Å². The number of hydrogen-bond acceptors (Lipinski definition) is 0. The Kier molecular flexibility index (Phi) is 199. The van der Waals surface area contributed by atoms with Crippen molar-refractivity contribution in [2.45, 2.75) is 13.8 Å². The normalized spacial score (nSPS) is 1.50. The molecule has 4 heavy (non-hydrogen) atoms. The Morgan fingerprint density at radius 2 is 1.00 bits per heavy atom. The molecule has 2 heteroatoms. The molecule has 0 saturated heterocycles. The average Bonchev–Trinajstić information content (AvgIpc) is 1.00. The third-order valence-corrected chi connectivity index (χ3v) is 0. The van der Waals surface area contributed by atoms with E-state index in [0.29, 0.717) is 0 Å². The first-order chi connectivity index (χ1) is 1.00. The van der Waals surface area contributed by atoms with Crippen molar-refractivity contribution in [3.05, 3.63) is 0 Å². The molecule has 0 aromatic carbocycles. The Bertz CT molecular complexity index is 6.00. The molecule has 0 amide bonds. The molecule has 0 fully saturated rings. The third kappa shape index (κ3) is 12.6. The minimum absolute atomic E-state index is 0. The summed E-state index contributed by atoms with van der Waals surface area (Å²) in [5.41, 5.74) is 0. The second-order valence-corrected chi connectivity index (χ2v) is 0. The molecule has 22 valence electrons. The Balaban J connectivity index is -0.00000000500. The maximum absolute atomic E-state index is 2.00. The molecule has 0 saturated carbocycles. The van der Waals surface area contributed by atoms with Crippen molar-refractivity contribution in [2.24, 2.45) is 0 Å². The molecule has 0 radical (unpaired) electrons. The van der Waals surface area contributed by atoms with E-state index in [9.17, 15) is 0 Å². The van der Waals surface area contributed by atoms with Crippen LogP contribution < -0.4 is 34.3 Å². The summed E-state index contributed by atoms with van der Waals surface area (Å²) in [6.45, 7) is 4.00. The molecular weight excluding hydrogens is 66.0 g/mol. The average molecular weight is 72.1 g/mol. The van der Waals surface area contributed by atoms with E-state index in [1.54, 1.807) is 0 Å². The van der Waals surface area contributed by atoms with Crippen LogP contribution in [0.4, 0.5) is 0 Å². The van der Waals surface area contributed by atoms with Crippen LogP contribution in [0.1, 0.15) is 13.8 Å². The van der Waals surface area contributed by atoms with Gasteiger partial charge in [0.2, 0.25) is 0 Å². The topological polar surface area (TPSA) is 0 Å². The Labute approximate surface area is 48.2 Å². The zero-order chi connectivity index (χ0) is 2.00. The van der Waals surface area contributed by atoms with Crippen LogP contribution in [-0.4, -0.2) is 0 Å². The molecule has 0 spiro atoms. The SMILES string of the molecule is CC.[F-].[Na+]. The van der Waals surface area contributed by atoms with Gasteiger partial charge in [0.05, 0.1) is 0 Å². The number of rotatable bonds is 0. The van der Waals surface area contributed by atoms with Gasteiger partial charge in [-0.1, -0.05) is 13.8 Å².